The van der Waals surface area contributed by atoms with Crippen LogP contribution in [0, 0.1) is 13.8 Å². The van der Waals surface area contributed by atoms with Crippen molar-refractivity contribution in [3.05, 3.63) is 47.3 Å². The molecule has 3 N–H and O–H groups in total. The van der Waals surface area contributed by atoms with E-state index in [4.69, 9.17) is 10.5 Å². The number of carbonyl (C=O) groups is 1. The van der Waals surface area contributed by atoms with Crippen LogP contribution in [0.2, 0.25) is 0 Å². The first kappa shape index (κ1) is 13.9. The number of pyridine rings is 1. The third kappa shape index (κ3) is 2.71. The zero-order chi connectivity index (χ0) is 14.7. The number of nitrogens with two attached hydrogens (primary N) is 1. The summed E-state index contributed by atoms with van der Waals surface area (Å²) in [6.07, 6.45) is 0. The van der Waals surface area contributed by atoms with Gasteiger partial charge in [0.15, 0.2) is 0 Å². The minimum Gasteiger partial charge on any atom is -0.496 e. The third-order valence-corrected chi connectivity index (χ3v) is 2.98. The Balaban J connectivity index is 2.33. The molecule has 5 heteroatoms. The molecule has 2 aromatic rings. The molecular formula is C15H17N3O2. The number of nitrogens with one attached hydrogen (secondary N) is 1. The zero-order valence-corrected chi connectivity index (χ0v) is 11.7. The molecule has 1 amide bonds. The Hall–Kier alpha value is -2.56. The van der Waals surface area contributed by atoms with Crippen LogP contribution in [0.3, 0.4) is 0 Å². The van der Waals surface area contributed by atoms with Gasteiger partial charge < -0.3 is 15.8 Å². The Bertz CT molecular complexity index is 654. The van der Waals surface area contributed by atoms with Gasteiger partial charge in [-0.2, -0.15) is 0 Å². The smallest absolute Gasteiger partial charge is 0.261 e. The van der Waals surface area contributed by atoms with Crippen molar-refractivity contribution in [2.24, 2.45) is 0 Å². The van der Waals surface area contributed by atoms with E-state index in [-0.39, 0.29) is 5.91 Å². The normalized spacial score (nSPS) is 10.2. The van der Waals surface area contributed by atoms with Gasteiger partial charge in [0.05, 0.1) is 18.5 Å². The van der Waals surface area contributed by atoms with Crippen LogP contribution in [0.25, 0.3) is 0 Å². The largest absolute Gasteiger partial charge is 0.496 e. The lowest BCUT2D eigenvalue weighted by molar-refractivity contribution is 0.102. The number of rotatable bonds is 3. The minimum atomic E-state index is -0.311. The van der Waals surface area contributed by atoms with Gasteiger partial charge in [-0.05, 0) is 38.1 Å². The number of hydrogen-bond acceptors (Lipinski definition) is 4. The van der Waals surface area contributed by atoms with Crippen LogP contribution in [0.1, 0.15) is 21.7 Å². The Kier molecular flexibility index (Phi) is 3.89. The summed E-state index contributed by atoms with van der Waals surface area (Å²) in [5, 5.41) is 2.81. The molecule has 20 heavy (non-hydrogen) atoms. The van der Waals surface area contributed by atoms with Crippen molar-refractivity contribution in [1.82, 2.24) is 4.98 Å². The lowest BCUT2D eigenvalue weighted by Gasteiger charge is -2.12. The second kappa shape index (κ2) is 5.61. The number of nitrogen functional groups attached to an aromatic ring is 1. The van der Waals surface area contributed by atoms with Gasteiger partial charge in [0.2, 0.25) is 0 Å². The van der Waals surface area contributed by atoms with Crippen molar-refractivity contribution >= 4 is 17.3 Å². The van der Waals surface area contributed by atoms with Gasteiger partial charge in [-0.3, -0.25) is 9.78 Å². The average Bonchev–Trinajstić information content (AvgIpc) is 2.41. The Morgan fingerprint density at radius 1 is 1.25 bits per heavy atom. The molecule has 0 aliphatic heterocycles. The molecule has 104 valence electrons. The van der Waals surface area contributed by atoms with Crippen molar-refractivity contribution in [1.29, 1.82) is 0 Å². The molecule has 0 radical (unpaired) electrons. The second-order valence-electron chi connectivity index (χ2n) is 4.46. The standard InChI is InChI=1S/C15H17N3O2/c1-9-7-8-12(10(2)17-9)18-15(19)14-11(16)5-4-6-13(14)20-3/h4-8H,16H2,1-3H3,(H,18,19). The molecule has 5 nitrogen and oxygen atoms in total. The molecule has 0 saturated heterocycles. The van der Waals surface area contributed by atoms with Crippen molar-refractivity contribution in [3.8, 4) is 5.75 Å². The minimum absolute atomic E-state index is 0.311. The van der Waals surface area contributed by atoms with E-state index in [9.17, 15) is 4.79 Å². The number of anilines is 2. The molecule has 0 spiro atoms. The van der Waals surface area contributed by atoms with Gasteiger partial charge >= 0.3 is 0 Å². The highest BCUT2D eigenvalue weighted by atomic mass is 16.5. The van der Waals surface area contributed by atoms with Gasteiger partial charge in [0, 0.05) is 11.4 Å². The quantitative estimate of drug-likeness (QED) is 0.841. The van der Waals surface area contributed by atoms with E-state index in [0.717, 1.165) is 11.4 Å². The van der Waals surface area contributed by atoms with Crippen LogP contribution in [-0.4, -0.2) is 18.0 Å². The maximum atomic E-state index is 12.4. The summed E-state index contributed by atoms with van der Waals surface area (Å²) in [7, 11) is 1.50. The highest BCUT2D eigenvalue weighted by Crippen LogP contribution is 2.25. The van der Waals surface area contributed by atoms with Gasteiger partial charge in [-0.1, -0.05) is 6.07 Å². The molecule has 0 atom stereocenters. The number of nitrogens with zero attached hydrogens (tertiary/aromatic N) is 1. The average molecular weight is 271 g/mol. The van der Waals surface area contributed by atoms with E-state index in [1.807, 2.05) is 26.0 Å². The van der Waals surface area contributed by atoms with E-state index >= 15 is 0 Å². The Morgan fingerprint density at radius 2 is 2.00 bits per heavy atom. The summed E-state index contributed by atoms with van der Waals surface area (Å²) in [6.45, 7) is 3.74. The van der Waals surface area contributed by atoms with E-state index in [2.05, 4.69) is 10.3 Å². The Labute approximate surface area is 117 Å². The van der Waals surface area contributed by atoms with Crippen molar-refractivity contribution in [2.75, 3.05) is 18.2 Å². The van der Waals surface area contributed by atoms with E-state index in [1.165, 1.54) is 7.11 Å². The molecule has 0 bridgehead atoms. The molecule has 0 unspecified atom stereocenters. The summed E-state index contributed by atoms with van der Waals surface area (Å²) in [4.78, 5) is 16.7. The molecule has 0 aliphatic carbocycles. The van der Waals surface area contributed by atoms with Crippen LogP contribution >= 0.6 is 0 Å². The highest BCUT2D eigenvalue weighted by molar-refractivity contribution is 6.09. The first-order valence-electron chi connectivity index (χ1n) is 6.21. The van der Waals surface area contributed by atoms with Crippen LogP contribution < -0.4 is 15.8 Å². The fraction of sp³-hybridized carbons (Fsp3) is 0.200. The summed E-state index contributed by atoms with van der Waals surface area (Å²) < 4.78 is 5.18. The molecule has 1 aromatic heterocycles. The molecule has 0 fully saturated rings. The van der Waals surface area contributed by atoms with Crippen molar-refractivity contribution in [2.45, 2.75) is 13.8 Å². The second-order valence-corrected chi connectivity index (χ2v) is 4.46. The summed E-state index contributed by atoms with van der Waals surface area (Å²) in [5.74, 6) is 0.133. The zero-order valence-electron chi connectivity index (χ0n) is 11.7. The topological polar surface area (TPSA) is 77.2 Å². The molecule has 0 aliphatic rings. The Morgan fingerprint density at radius 3 is 2.65 bits per heavy atom. The number of amides is 1. The predicted molar refractivity (Wildman–Crippen MR) is 79.1 cm³/mol. The van der Waals surface area contributed by atoms with Gasteiger partial charge in [0.1, 0.15) is 11.3 Å². The maximum absolute atomic E-state index is 12.4. The monoisotopic (exact) mass is 271 g/mol. The lowest BCUT2D eigenvalue weighted by Crippen LogP contribution is -2.16. The number of aryl methyl sites for hydroxylation is 2. The number of benzene rings is 1. The highest BCUT2D eigenvalue weighted by Gasteiger charge is 2.16. The SMILES string of the molecule is COc1cccc(N)c1C(=O)Nc1ccc(C)nc1C. The summed E-state index contributed by atoms with van der Waals surface area (Å²) in [5.41, 5.74) is 8.88. The number of ether oxygens (including phenoxy) is 1. The van der Waals surface area contributed by atoms with Crippen molar-refractivity contribution in [3.63, 3.8) is 0 Å². The summed E-state index contributed by atoms with van der Waals surface area (Å²) >= 11 is 0. The number of carbonyl (C=O) groups excluding carboxylic acids is 1. The lowest BCUT2D eigenvalue weighted by atomic mass is 10.1. The van der Waals surface area contributed by atoms with Crippen LogP contribution in [0.5, 0.6) is 5.75 Å². The predicted octanol–water partition coefficient (Wildman–Crippen LogP) is 2.54. The van der Waals surface area contributed by atoms with Crippen LogP contribution in [-0.2, 0) is 0 Å². The number of aromatic nitrogens is 1. The van der Waals surface area contributed by atoms with Crippen LogP contribution in [0.4, 0.5) is 11.4 Å². The molecule has 2 rings (SSSR count). The van der Waals surface area contributed by atoms with E-state index in [0.29, 0.717) is 22.7 Å². The molecule has 1 aromatic carbocycles. The van der Waals surface area contributed by atoms with Crippen LogP contribution in [0.15, 0.2) is 30.3 Å². The molecule has 1 heterocycles. The maximum Gasteiger partial charge on any atom is 0.261 e. The first-order valence-corrected chi connectivity index (χ1v) is 6.21. The number of hydrogen-bond donors (Lipinski definition) is 2. The number of methoxy groups -OCH3 is 1. The van der Waals surface area contributed by atoms with Gasteiger partial charge in [0.25, 0.3) is 5.91 Å². The molecular weight excluding hydrogens is 254 g/mol. The summed E-state index contributed by atoms with van der Waals surface area (Å²) in [6, 6.07) is 8.77. The third-order valence-electron chi connectivity index (χ3n) is 2.98. The first-order chi connectivity index (χ1) is 9.52. The van der Waals surface area contributed by atoms with E-state index in [1.54, 1.807) is 18.2 Å². The van der Waals surface area contributed by atoms with Gasteiger partial charge in [-0.15, -0.1) is 0 Å². The fourth-order valence-electron chi connectivity index (χ4n) is 1.96. The van der Waals surface area contributed by atoms with Gasteiger partial charge in [-0.25, -0.2) is 0 Å². The van der Waals surface area contributed by atoms with Crippen molar-refractivity contribution < 1.29 is 9.53 Å². The van der Waals surface area contributed by atoms with E-state index < -0.39 is 0 Å². The fourth-order valence-corrected chi connectivity index (χ4v) is 1.96. The molecule has 0 saturated carbocycles.